The van der Waals surface area contributed by atoms with Crippen molar-refractivity contribution in [3.8, 4) is 0 Å². The molecule has 2 unspecified atom stereocenters. The molecule has 0 fully saturated rings. The van der Waals surface area contributed by atoms with Crippen molar-refractivity contribution in [1.82, 2.24) is 4.90 Å². The maximum atomic E-state index is 12.0. The predicted octanol–water partition coefficient (Wildman–Crippen LogP) is 3.31. The number of carbonyl (C=O) groups excluding carboxylic acids is 2. The highest BCUT2D eigenvalue weighted by Gasteiger charge is 2.40. The Bertz CT molecular complexity index is 544. The average molecular weight is 312 g/mol. The lowest BCUT2D eigenvalue weighted by Crippen LogP contribution is -2.43. The Balaban J connectivity index is 2.11. The Morgan fingerprint density at radius 3 is 2.00 bits per heavy atom. The van der Waals surface area contributed by atoms with E-state index in [1.807, 2.05) is 44.2 Å². The zero-order valence-electron chi connectivity index (χ0n) is 11.3. The molecule has 1 heterocycles. The first kappa shape index (κ1) is 15.1. The molecule has 2 atom stereocenters. The second-order valence-electron chi connectivity index (χ2n) is 5.02. The molecule has 0 bridgehead atoms. The number of hydrogen-bond donors (Lipinski definition) is 0. The molecular formula is C15H15Cl2NO2. The molecule has 0 N–H and O–H groups in total. The smallest absolute Gasteiger partial charge is 0.270 e. The third-order valence-corrected chi connectivity index (χ3v) is 4.44. The highest BCUT2D eigenvalue weighted by molar-refractivity contribution is 6.58. The zero-order chi connectivity index (χ0) is 14.9. The molecule has 0 saturated heterocycles. The summed E-state index contributed by atoms with van der Waals surface area (Å²) in [7, 11) is 0. The molecule has 2 rings (SSSR count). The van der Waals surface area contributed by atoms with Crippen LogP contribution in [0.1, 0.15) is 19.4 Å². The summed E-state index contributed by atoms with van der Waals surface area (Å²) in [5.41, 5.74) is 1.16. The Kier molecular flexibility index (Phi) is 4.51. The number of halogens is 2. The SMILES string of the molecule is CC(Cc1ccccc1)C(C)N1C(=O)C(Cl)=C(Cl)C1=O. The topological polar surface area (TPSA) is 37.4 Å². The summed E-state index contributed by atoms with van der Waals surface area (Å²) < 4.78 is 0. The fourth-order valence-electron chi connectivity index (χ4n) is 2.27. The third kappa shape index (κ3) is 2.74. The zero-order valence-corrected chi connectivity index (χ0v) is 12.8. The van der Waals surface area contributed by atoms with Gasteiger partial charge in [0.1, 0.15) is 10.1 Å². The van der Waals surface area contributed by atoms with E-state index in [1.54, 1.807) is 0 Å². The van der Waals surface area contributed by atoms with Crippen LogP contribution in [0.2, 0.25) is 0 Å². The van der Waals surface area contributed by atoms with Crippen LogP contribution >= 0.6 is 23.2 Å². The second-order valence-corrected chi connectivity index (χ2v) is 5.77. The molecule has 0 spiro atoms. The fraction of sp³-hybridized carbons (Fsp3) is 0.333. The van der Waals surface area contributed by atoms with Crippen LogP contribution in [0.3, 0.4) is 0 Å². The first-order valence-corrected chi connectivity index (χ1v) is 7.16. The summed E-state index contributed by atoms with van der Waals surface area (Å²) >= 11 is 11.5. The Hall–Kier alpha value is -1.32. The van der Waals surface area contributed by atoms with Gasteiger partial charge in [-0.05, 0) is 24.8 Å². The predicted molar refractivity (Wildman–Crippen MR) is 79.4 cm³/mol. The van der Waals surface area contributed by atoms with Gasteiger partial charge < -0.3 is 0 Å². The van der Waals surface area contributed by atoms with Crippen LogP contribution in [-0.2, 0) is 16.0 Å². The van der Waals surface area contributed by atoms with E-state index in [-0.39, 0.29) is 22.0 Å². The molecule has 20 heavy (non-hydrogen) atoms. The van der Waals surface area contributed by atoms with Gasteiger partial charge in [-0.2, -0.15) is 0 Å². The minimum atomic E-state index is -0.505. The van der Waals surface area contributed by atoms with E-state index in [0.29, 0.717) is 0 Å². The summed E-state index contributed by atoms with van der Waals surface area (Å²) in [6.45, 7) is 3.83. The van der Waals surface area contributed by atoms with Crippen LogP contribution in [-0.4, -0.2) is 22.8 Å². The maximum absolute atomic E-state index is 12.0. The molecule has 0 aliphatic carbocycles. The van der Waals surface area contributed by atoms with Gasteiger partial charge in [0.25, 0.3) is 11.8 Å². The Labute approximate surface area is 128 Å². The molecule has 1 aromatic carbocycles. The van der Waals surface area contributed by atoms with Gasteiger partial charge in [-0.25, -0.2) is 0 Å². The third-order valence-electron chi connectivity index (χ3n) is 3.64. The summed E-state index contributed by atoms with van der Waals surface area (Å²) in [5.74, 6) is -0.902. The monoisotopic (exact) mass is 311 g/mol. The Morgan fingerprint density at radius 2 is 1.50 bits per heavy atom. The minimum absolute atomic E-state index is 0.109. The molecule has 106 valence electrons. The second kappa shape index (κ2) is 5.98. The van der Waals surface area contributed by atoms with Gasteiger partial charge in [0.2, 0.25) is 0 Å². The van der Waals surface area contributed by atoms with Crippen molar-refractivity contribution in [2.75, 3.05) is 0 Å². The number of carbonyl (C=O) groups is 2. The Morgan fingerprint density at radius 1 is 1.00 bits per heavy atom. The van der Waals surface area contributed by atoms with Crippen molar-refractivity contribution in [3.63, 3.8) is 0 Å². The summed E-state index contributed by atoms with van der Waals surface area (Å²) in [6.07, 6.45) is 0.772. The lowest BCUT2D eigenvalue weighted by atomic mass is 9.94. The minimum Gasteiger partial charge on any atom is -0.270 e. The largest absolute Gasteiger partial charge is 0.274 e. The molecule has 5 heteroatoms. The van der Waals surface area contributed by atoms with Crippen LogP contribution in [0.5, 0.6) is 0 Å². The number of nitrogens with zero attached hydrogens (tertiary/aromatic N) is 1. The molecule has 0 radical (unpaired) electrons. The van der Waals surface area contributed by atoms with Crippen LogP contribution in [0, 0.1) is 5.92 Å². The van der Waals surface area contributed by atoms with Crippen LogP contribution in [0.15, 0.2) is 40.4 Å². The molecule has 0 aromatic heterocycles. The first-order valence-electron chi connectivity index (χ1n) is 6.40. The highest BCUT2D eigenvalue weighted by Crippen LogP contribution is 2.30. The van der Waals surface area contributed by atoms with E-state index in [9.17, 15) is 9.59 Å². The van der Waals surface area contributed by atoms with Gasteiger partial charge in [-0.3, -0.25) is 14.5 Å². The van der Waals surface area contributed by atoms with E-state index >= 15 is 0 Å². The average Bonchev–Trinajstić information content (AvgIpc) is 2.63. The maximum Gasteiger partial charge on any atom is 0.274 e. The van der Waals surface area contributed by atoms with Crippen LogP contribution in [0.4, 0.5) is 0 Å². The summed E-state index contributed by atoms with van der Waals surface area (Å²) in [4.78, 5) is 25.1. The lowest BCUT2D eigenvalue weighted by molar-refractivity contribution is -0.140. The number of imide groups is 1. The molecule has 1 aliphatic heterocycles. The molecule has 3 nitrogen and oxygen atoms in total. The van der Waals surface area contributed by atoms with Crippen LogP contribution in [0.25, 0.3) is 0 Å². The van der Waals surface area contributed by atoms with Gasteiger partial charge >= 0.3 is 0 Å². The molecule has 0 saturated carbocycles. The van der Waals surface area contributed by atoms with Crippen molar-refractivity contribution in [2.24, 2.45) is 5.92 Å². The van der Waals surface area contributed by atoms with Gasteiger partial charge in [-0.1, -0.05) is 60.5 Å². The summed E-state index contributed by atoms with van der Waals surface area (Å²) in [6, 6.07) is 9.67. The van der Waals surface area contributed by atoms with Crippen molar-refractivity contribution in [3.05, 3.63) is 46.0 Å². The molecule has 1 aromatic rings. The van der Waals surface area contributed by atoms with E-state index in [4.69, 9.17) is 23.2 Å². The van der Waals surface area contributed by atoms with E-state index < -0.39 is 11.8 Å². The quantitative estimate of drug-likeness (QED) is 0.800. The first-order chi connectivity index (χ1) is 9.43. The molecular weight excluding hydrogens is 297 g/mol. The van der Waals surface area contributed by atoms with E-state index in [2.05, 4.69) is 0 Å². The van der Waals surface area contributed by atoms with E-state index in [1.165, 1.54) is 0 Å². The van der Waals surface area contributed by atoms with Gasteiger partial charge in [-0.15, -0.1) is 0 Å². The van der Waals surface area contributed by atoms with Crippen LogP contribution < -0.4 is 0 Å². The number of rotatable bonds is 4. The van der Waals surface area contributed by atoms with Gasteiger partial charge in [0.15, 0.2) is 0 Å². The lowest BCUT2D eigenvalue weighted by Gasteiger charge is -2.28. The van der Waals surface area contributed by atoms with Crippen molar-refractivity contribution in [2.45, 2.75) is 26.3 Å². The van der Waals surface area contributed by atoms with Gasteiger partial charge in [0.05, 0.1) is 0 Å². The standard InChI is InChI=1S/C15H15Cl2NO2/c1-9(8-11-6-4-3-5-7-11)10(2)18-14(19)12(16)13(17)15(18)20/h3-7,9-10H,8H2,1-2H3. The van der Waals surface area contributed by atoms with Crippen molar-refractivity contribution >= 4 is 35.0 Å². The number of benzene rings is 1. The molecule has 1 aliphatic rings. The number of amides is 2. The summed E-state index contributed by atoms with van der Waals surface area (Å²) in [5, 5.41) is -0.370. The van der Waals surface area contributed by atoms with Crippen molar-refractivity contribution in [1.29, 1.82) is 0 Å². The normalized spacial score (nSPS) is 18.7. The number of hydrogen-bond acceptors (Lipinski definition) is 2. The van der Waals surface area contributed by atoms with Gasteiger partial charge in [0, 0.05) is 6.04 Å². The van der Waals surface area contributed by atoms with E-state index in [0.717, 1.165) is 16.9 Å². The molecule has 2 amide bonds. The highest BCUT2D eigenvalue weighted by atomic mass is 35.5. The van der Waals surface area contributed by atoms with Crippen molar-refractivity contribution < 1.29 is 9.59 Å². The fourth-order valence-corrected chi connectivity index (χ4v) is 2.62.